The summed E-state index contributed by atoms with van der Waals surface area (Å²) in [5.41, 5.74) is -0.477. The topological polar surface area (TPSA) is 78.4 Å². The Kier molecular flexibility index (Phi) is 4.20. The Labute approximate surface area is 125 Å². The molecule has 0 aromatic carbocycles. The second-order valence-electron chi connectivity index (χ2n) is 7.29. The van der Waals surface area contributed by atoms with Gasteiger partial charge in [0.05, 0.1) is 12.0 Å². The molecule has 3 fully saturated rings. The number of aliphatic carboxylic acids is 1. The van der Waals surface area contributed by atoms with Crippen LogP contribution in [-0.4, -0.2) is 34.6 Å². The van der Waals surface area contributed by atoms with Crippen LogP contribution in [0.2, 0.25) is 0 Å². The van der Waals surface area contributed by atoms with Crippen molar-refractivity contribution in [2.45, 2.75) is 81.8 Å². The summed E-state index contributed by atoms with van der Waals surface area (Å²) >= 11 is 0. The summed E-state index contributed by atoms with van der Waals surface area (Å²) in [7, 11) is 0. The molecule has 2 bridgehead atoms. The molecule has 3 rings (SSSR count). The van der Waals surface area contributed by atoms with Crippen LogP contribution in [-0.2, 0) is 9.59 Å². The van der Waals surface area contributed by atoms with Crippen LogP contribution in [0, 0.1) is 5.92 Å². The molecule has 1 aliphatic carbocycles. The van der Waals surface area contributed by atoms with E-state index in [2.05, 4.69) is 10.6 Å². The largest absolute Gasteiger partial charge is 0.481 e. The normalized spacial score (nSPS) is 33.8. The van der Waals surface area contributed by atoms with Crippen molar-refractivity contribution in [2.24, 2.45) is 5.92 Å². The zero-order valence-corrected chi connectivity index (χ0v) is 12.6. The smallest absolute Gasteiger partial charge is 0.305 e. The Morgan fingerprint density at radius 3 is 2.33 bits per heavy atom. The van der Waals surface area contributed by atoms with Crippen LogP contribution in [0.4, 0.5) is 0 Å². The average molecular weight is 294 g/mol. The van der Waals surface area contributed by atoms with Crippen molar-refractivity contribution in [1.82, 2.24) is 10.6 Å². The highest BCUT2D eigenvalue weighted by atomic mass is 16.4. The zero-order chi connectivity index (χ0) is 14.9. The minimum atomic E-state index is -0.808. The number of carbonyl (C=O) groups excluding carboxylic acids is 1. The lowest BCUT2D eigenvalue weighted by Gasteiger charge is -2.32. The molecular formula is C16H26N2O3. The van der Waals surface area contributed by atoms with Crippen molar-refractivity contribution < 1.29 is 14.7 Å². The maximum absolute atomic E-state index is 12.4. The number of amides is 1. The fraction of sp³-hybridized carbons (Fsp3) is 0.875. The van der Waals surface area contributed by atoms with Gasteiger partial charge in [0, 0.05) is 18.5 Å². The van der Waals surface area contributed by atoms with E-state index >= 15 is 0 Å². The first-order valence-electron chi connectivity index (χ1n) is 8.33. The lowest BCUT2D eigenvalue weighted by molar-refractivity contribution is -0.139. The second kappa shape index (κ2) is 5.95. The summed E-state index contributed by atoms with van der Waals surface area (Å²) in [6.07, 6.45) is 8.95. The fourth-order valence-corrected chi connectivity index (χ4v) is 4.64. The number of carboxylic acid groups (broad SMARTS) is 1. The number of carboxylic acids is 1. The van der Waals surface area contributed by atoms with Crippen LogP contribution in [0.1, 0.15) is 64.2 Å². The third-order valence-corrected chi connectivity index (χ3v) is 5.50. The molecule has 1 amide bonds. The van der Waals surface area contributed by atoms with E-state index in [1.54, 1.807) is 0 Å². The highest BCUT2D eigenvalue weighted by molar-refractivity contribution is 5.78. The van der Waals surface area contributed by atoms with E-state index in [0.29, 0.717) is 24.4 Å². The molecule has 5 heteroatoms. The SMILES string of the molecule is O=C(O)CC1(NC(=O)CC2CC3CCC(C2)N3)CCCC1. The van der Waals surface area contributed by atoms with Crippen molar-refractivity contribution in [3.05, 3.63) is 0 Å². The standard InChI is InChI=1S/C16H26N2O3/c19-14(9-11-7-12-3-4-13(8-11)17-12)18-16(10-15(20)21)5-1-2-6-16/h11-13,17H,1-10H2,(H,18,19)(H,20,21). The third kappa shape index (κ3) is 3.57. The summed E-state index contributed by atoms with van der Waals surface area (Å²) in [6, 6.07) is 1.20. The Morgan fingerprint density at radius 1 is 1.14 bits per heavy atom. The predicted octanol–water partition coefficient (Wildman–Crippen LogP) is 1.81. The fourth-order valence-electron chi connectivity index (χ4n) is 4.64. The van der Waals surface area contributed by atoms with E-state index in [4.69, 9.17) is 5.11 Å². The van der Waals surface area contributed by atoms with Crippen LogP contribution in [0.5, 0.6) is 0 Å². The molecule has 0 spiro atoms. The molecule has 118 valence electrons. The van der Waals surface area contributed by atoms with Crippen LogP contribution >= 0.6 is 0 Å². The Hall–Kier alpha value is -1.10. The third-order valence-electron chi connectivity index (χ3n) is 5.50. The minimum absolute atomic E-state index is 0.0597. The van der Waals surface area contributed by atoms with E-state index in [-0.39, 0.29) is 12.3 Å². The lowest BCUT2D eigenvalue weighted by atomic mass is 9.88. The van der Waals surface area contributed by atoms with Crippen LogP contribution in [0.15, 0.2) is 0 Å². The van der Waals surface area contributed by atoms with E-state index in [9.17, 15) is 9.59 Å². The number of nitrogens with one attached hydrogen (secondary N) is 2. The van der Waals surface area contributed by atoms with Gasteiger partial charge in [-0.25, -0.2) is 0 Å². The number of piperidine rings is 1. The molecule has 2 unspecified atom stereocenters. The maximum Gasteiger partial charge on any atom is 0.305 e. The highest BCUT2D eigenvalue weighted by Gasteiger charge is 2.39. The second-order valence-corrected chi connectivity index (χ2v) is 7.29. The molecule has 0 radical (unpaired) electrons. The quantitative estimate of drug-likeness (QED) is 0.722. The summed E-state index contributed by atoms with van der Waals surface area (Å²) in [6.45, 7) is 0. The first-order valence-corrected chi connectivity index (χ1v) is 8.33. The van der Waals surface area contributed by atoms with Gasteiger partial charge >= 0.3 is 5.97 Å². The van der Waals surface area contributed by atoms with Crippen LogP contribution < -0.4 is 10.6 Å². The molecule has 5 nitrogen and oxygen atoms in total. The molecule has 1 saturated carbocycles. The number of hydrogen-bond acceptors (Lipinski definition) is 3. The number of carbonyl (C=O) groups is 2. The van der Waals surface area contributed by atoms with Gasteiger partial charge in [-0.05, 0) is 44.4 Å². The van der Waals surface area contributed by atoms with Gasteiger partial charge in [-0.2, -0.15) is 0 Å². The van der Waals surface area contributed by atoms with Crippen LogP contribution in [0.25, 0.3) is 0 Å². The monoisotopic (exact) mass is 294 g/mol. The van der Waals surface area contributed by atoms with E-state index in [1.807, 2.05) is 0 Å². The van der Waals surface area contributed by atoms with Gasteiger partial charge in [-0.3, -0.25) is 9.59 Å². The first kappa shape index (κ1) is 14.8. The van der Waals surface area contributed by atoms with Crippen LogP contribution in [0.3, 0.4) is 0 Å². The highest BCUT2D eigenvalue weighted by Crippen LogP contribution is 2.35. The summed E-state index contributed by atoms with van der Waals surface area (Å²) < 4.78 is 0. The van der Waals surface area contributed by atoms with Gasteiger partial charge in [0.1, 0.15) is 0 Å². The van der Waals surface area contributed by atoms with Crippen molar-refractivity contribution in [2.75, 3.05) is 0 Å². The van der Waals surface area contributed by atoms with E-state index in [0.717, 1.165) is 38.5 Å². The number of rotatable bonds is 5. The Bertz CT molecular complexity index is 406. The van der Waals surface area contributed by atoms with Crippen molar-refractivity contribution >= 4 is 11.9 Å². The van der Waals surface area contributed by atoms with E-state index in [1.165, 1.54) is 12.8 Å². The van der Waals surface area contributed by atoms with Crippen molar-refractivity contribution in [3.8, 4) is 0 Å². The van der Waals surface area contributed by atoms with Crippen molar-refractivity contribution in [3.63, 3.8) is 0 Å². The lowest BCUT2D eigenvalue weighted by Crippen LogP contribution is -2.49. The maximum atomic E-state index is 12.4. The molecule has 3 N–H and O–H groups in total. The van der Waals surface area contributed by atoms with Crippen molar-refractivity contribution in [1.29, 1.82) is 0 Å². The van der Waals surface area contributed by atoms with Gasteiger partial charge in [0.15, 0.2) is 0 Å². The molecule has 2 atom stereocenters. The number of fused-ring (bicyclic) bond motifs is 2. The average Bonchev–Trinajstić information content (AvgIpc) is 2.95. The predicted molar refractivity (Wildman–Crippen MR) is 78.9 cm³/mol. The van der Waals surface area contributed by atoms with Gasteiger partial charge < -0.3 is 15.7 Å². The molecule has 3 aliphatic rings. The number of hydrogen-bond donors (Lipinski definition) is 3. The minimum Gasteiger partial charge on any atom is -0.481 e. The van der Waals surface area contributed by atoms with Gasteiger partial charge in [0.25, 0.3) is 0 Å². The van der Waals surface area contributed by atoms with Gasteiger partial charge in [-0.1, -0.05) is 12.8 Å². The summed E-state index contributed by atoms with van der Waals surface area (Å²) in [5.74, 6) is -0.284. The summed E-state index contributed by atoms with van der Waals surface area (Å²) in [4.78, 5) is 23.4. The zero-order valence-electron chi connectivity index (χ0n) is 12.6. The molecule has 2 heterocycles. The molecule has 0 aromatic rings. The molecule has 2 aliphatic heterocycles. The molecule has 0 aromatic heterocycles. The van der Waals surface area contributed by atoms with E-state index < -0.39 is 11.5 Å². The summed E-state index contributed by atoms with van der Waals surface area (Å²) in [5, 5.41) is 15.8. The molecule has 21 heavy (non-hydrogen) atoms. The molecule has 2 saturated heterocycles. The van der Waals surface area contributed by atoms with Gasteiger partial charge in [-0.15, -0.1) is 0 Å². The Balaban J connectivity index is 1.54. The Morgan fingerprint density at radius 2 is 1.76 bits per heavy atom. The van der Waals surface area contributed by atoms with Gasteiger partial charge in [0.2, 0.25) is 5.91 Å². The molecular weight excluding hydrogens is 268 g/mol. The first-order chi connectivity index (χ1) is 10.0.